The molecule has 2 rings (SSSR count). The van der Waals surface area contributed by atoms with Crippen LogP contribution in [0.3, 0.4) is 0 Å². The zero-order chi connectivity index (χ0) is 14.0. The topological polar surface area (TPSA) is 66.4 Å². The molecule has 0 unspecified atom stereocenters. The van der Waals surface area contributed by atoms with Crippen molar-refractivity contribution in [1.82, 2.24) is 5.32 Å². The van der Waals surface area contributed by atoms with Gasteiger partial charge in [-0.2, -0.15) is 0 Å². The summed E-state index contributed by atoms with van der Waals surface area (Å²) in [7, 11) is 0. The third-order valence-corrected chi connectivity index (χ3v) is 4.97. The number of carbonyl (C=O) groups is 2. The number of hydrogen-bond acceptors (Lipinski definition) is 3. The van der Waals surface area contributed by atoms with Crippen molar-refractivity contribution < 1.29 is 14.7 Å². The number of rotatable bonds is 4. The van der Waals surface area contributed by atoms with Crippen LogP contribution < -0.4 is 5.32 Å². The van der Waals surface area contributed by atoms with Crippen LogP contribution in [0.15, 0.2) is 6.07 Å². The predicted molar refractivity (Wildman–Crippen MR) is 74.7 cm³/mol. The first kappa shape index (κ1) is 14.1. The molecule has 104 valence electrons. The lowest BCUT2D eigenvalue weighted by Gasteiger charge is -2.28. The van der Waals surface area contributed by atoms with Crippen molar-refractivity contribution in [2.45, 2.75) is 51.5 Å². The van der Waals surface area contributed by atoms with Crippen LogP contribution in [0.25, 0.3) is 0 Å². The molecule has 0 atom stereocenters. The van der Waals surface area contributed by atoms with Crippen molar-refractivity contribution >= 4 is 23.2 Å². The molecule has 0 bridgehead atoms. The number of thiophene rings is 1. The summed E-state index contributed by atoms with van der Waals surface area (Å²) in [4.78, 5) is 25.0. The summed E-state index contributed by atoms with van der Waals surface area (Å²) in [6.07, 6.45) is 3.50. The molecule has 2 N–H and O–H groups in total. The summed E-state index contributed by atoms with van der Waals surface area (Å²) in [6, 6.07) is 1.87. The van der Waals surface area contributed by atoms with Gasteiger partial charge >= 0.3 is 5.97 Å². The van der Waals surface area contributed by atoms with Crippen LogP contribution >= 0.6 is 11.3 Å². The van der Waals surface area contributed by atoms with E-state index in [0.717, 1.165) is 36.1 Å². The van der Waals surface area contributed by atoms with Crippen molar-refractivity contribution in [3.63, 3.8) is 0 Å². The average Bonchev–Trinajstić information content (AvgIpc) is 2.87. The summed E-state index contributed by atoms with van der Waals surface area (Å²) in [5.41, 5.74) is 0.559. The molecule has 0 aliphatic heterocycles. The van der Waals surface area contributed by atoms with Gasteiger partial charge in [-0.15, -0.1) is 11.3 Å². The third-order valence-electron chi connectivity index (χ3n) is 3.82. The van der Waals surface area contributed by atoms with Crippen LogP contribution in [-0.4, -0.2) is 22.5 Å². The van der Waals surface area contributed by atoms with Crippen LogP contribution in [0.1, 0.15) is 52.2 Å². The van der Waals surface area contributed by atoms with Crippen LogP contribution in [0.4, 0.5) is 0 Å². The molecule has 1 aromatic heterocycles. The number of aliphatic carboxylic acids is 1. The number of amides is 1. The fourth-order valence-corrected chi connectivity index (χ4v) is 3.60. The third kappa shape index (κ3) is 3.15. The largest absolute Gasteiger partial charge is 0.481 e. The summed E-state index contributed by atoms with van der Waals surface area (Å²) in [5.74, 6) is -0.981. The van der Waals surface area contributed by atoms with E-state index < -0.39 is 11.5 Å². The van der Waals surface area contributed by atoms with E-state index >= 15 is 0 Å². The Hall–Kier alpha value is -1.36. The second-order valence-corrected chi connectivity index (χ2v) is 6.62. The van der Waals surface area contributed by atoms with Gasteiger partial charge in [0.25, 0.3) is 5.91 Å². The van der Waals surface area contributed by atoms with Crippen LogP contribution in [0.2, 0.25) is 0 Å². The summed E-state index contributed by atoms with van der Waals surface area (Å²) < 4.78 is 0. The van der Waals surface area contributed by atoms with E-state index in [4.69, 9.17) is 5.11 Å². The SMILES string of the molecule is Cc1cc(C(=O)NC2(CC(=O)O)CCCC2)sc1C. The monoisotopic (exact) mass is 281 g/mol. The first-order valence-electron chi connectivity index (χ1n) is 6.53. The molecule has 19 heavy (non-hydrogen) atoms. The van der Waals surface area contributed by atoms with Crippen molar-refractivity contribution in [1.29, 1.82) is 0 Å². The van der Waals surface area contributed by atoms with E-state index in [9.17, 15) is 9.59 Å². The molecular weight excluding hydrogens is 262 g/mol. The molecule has 4 nitrogen and oxygen atoms in total. The van der Waals surface area contributed by atoms with Gasteiger partial charge in [0.05, 0.1) is 16.8 Å². The van der Waals surface area contributed by atoms with E-state index in [1.807, 2.05) is 19.9 Å². The number of hydrogen-bond donors (Lipinski definition) is 2. The smallest absolute Gasteiger partial charge is 0.305 e. The second-order valence-electron chi connectivity index (χ2n) is 5.36. The van der Waals surface area contributed by atoms with Crippen molar-refractivity contribution in [2.75, 3.05) is 0 Å². The highest BCUT2D eigenvalue weighted by atomic mass is 32.1. The fourth-order valence-electron chi connectivity index (χ4n) is 2.67. The number of carbonyl (C=O) groups excluding carboxylic acids is 1. The second kappa shape index (κ2) is 5.33. The van der Waals surface area contributed by atoms with Crippen molar-refractivity contribution in [3.05, 3.63) is 21.4 Å². The van der Waals surface area contributed by atoms with Gasteiger partial charge in [-0.1, -0.05) is 12.8 Å². The number of aryl methyl sites for hydroxylation is 2. The summed E-state index contributed by atoms with van der Waals surface area (Å²) >= 11 is 1.46. The molecule has 1 fully saturated rings. The molecule has 1 heterocycles. The summed E-state index contributed by atoms with van der Waals surface area (Å²) in [5, 5.41) is 12.0. The Balaban J connectivity index is 2.13. The van der Waals surface area contributed by atoms with Crippen LogP contribution in [0, 0.1) is 13.8 Å². The van der Waals surface area contributed by atoms with Gasteiger partial charge in [-0.25, -0.2) is 0 Å². The fraction of sp³-hybridized carbons (Fsp3) is 0.571. The summed E-state index contributed by atoms with van der Waals surface area (Å²) in [6.45, 7) is 3.96. The van der Waals surface area contributed by atoms with E-state index in [-0.39, 0.29) is 12.3 Å². The van der Waals surface area contributed by atoms with E-state index in [1.165, 1.54) is 11.3 Å². The molecule has 1 aliphatic carbocycles. The van der Waals surface area contributed by atoms with E-state index in [1.54, 1.807) is 0 Å². The molecule has 1 amide bonds. The molecule has 0 aromatic carbocycles. The lowest BCUT2D eigenvalue weighted by atomic mass is 9.93. The Bertz CT molecular complexity index is 481. The van der Waals surface area contributed by atoms with Gasteiger partial charge in [-0.05, 0) is 38.3 Å². The highest BCUT2D eigenvalue weighted by molar-refractivity contribution is 7.14. The normalized spacial score (nSPS) is 17.4. The Morgan fingerprint density at radius 3 is 2.47 bits per heavy atom. The van der Waals surface area contributed by atoms with Crippen LogP contribution in [-0.2, 0) is 4.79 Å². The molecule has 1 saturated carbocycles. The van der Waals surface area contributed by atoms with E-state index in [2.05, 4.69) is 5.32 Å². The van der Waals surface area contributed by atoms with Gasteiger partial charge in [0, 0.05) is 4.88 Å². The van der Waals surface area contributed by atoms with Crippen molar-refractivity contribution in [3.8, 4) is 0 Å². The quantitative estimate of drug-likeness (QED) is 0.891. The van der Waals surface area contributed by atoms with Gasteiger partial charge in [0.1, 0.15) is 0 Å². The minimum absolute atomic E-state index is 0.0160. The van der Waals surface area contributed by atoms with Gasteiger partial charge in [0.15, 0.2) is 0 Å². The molecule has 5 heteroatoms. The zero-order valence-corrected chi connectivity index (χ0v) is 12.1. The lowest BCUT2D eigenvalue weighted by Crippen LogP contribution is -2.47. The maximum absolute atomic E-state index is 12.3. The molecule has 0 radical (unpaired) electrons. The average molecular weight is 281 g/mol. The molecular formula is C14H19NO3S. The first-order valence-corrected chi connectivity index (χ1v) is 7.35. The number of nitrogens with one attached hydrogen (secondary N) is 1. The molecule has 1 aliphatic rings. The lowest BCUT2D eigenvalue weighted by molar-refractivity contribution is -0.138. The molecule has 0 spiro atoms. The minimum atomic E-state index is -0.847. The minimum Gasteiger partial charge on any atom is -0.481 e. The number of carboxylic acid groups (broad SMARTS) is 1. The zero-order valence-electron chi connectivity index (χ0n) is 11.3. The Labute approximate surface area is 116 Å². The Morgan fingerprint density at radius 2 is 2.00 bits per heavy atom. The molecule has 0 saturated heterocycles. The highest BCUT2D eigenvalue weighted by Crippen LogP contribution is 2.33. The van der Waals surface area contributed by atoms with Crippen molar-refractivity contribution in [2.24, 2.45) is 0 Å². The number of carboxylic acids is 1. The van der Waals surface area contributed by atoms with Crippen LogP contribution in [0.5, 0.6) is 0 Å². The van der Waals surface area contributed by atoms with Gasteiger partial charge in [-0.3, -0.25) is 9.59 Å². The first-order chi connectivity index (χ1) is 8.92. The Kier molecular flexibility index (Phi) is 3.94. The maximum Gasteiger partial charge on any atom is 0.305 e. The standard InChI is InChI=1S/C14H19NO3S/c1-9-7-11(19-10(9)2)13(18)15-14(8-12(16)17)5-3-4-6-14/h7H,3-6,8H2,1-2H3,(H,15,18)(H,16,17). The highest BCUT2D eigenvalue weighted by Gasteiger charge is 2.37. The van der Waals surface area contributed by atoms with E-state index in [0.29, 0.717) is 4.88 Å². The molecule has 1 aromatic rings. The van der Waals surface area contributed by atoms with Gasteiger partial charge in [0.2, 0.25) is 0 Å². The predicted octanol–water partition coefficient (Wildman–Crippen LogP) is 2.88. The maximum atomic E-state index is 12.3. The Morgan fingerprint density at radius 1 is 1.37 bits per heavy atom. The van der Waals surface area contributed by atoms with Gasteiger partial charge < -0.3 is 10.4 Å².